The molecule has 0 aliphatic rings. The highest BCUT2D eigenvalue weighted by Crippen LogP contribution is 2.24. The lowest BCUT2D eigenvalue weighted by Crippen LogP contribution is -2.28. The molecule has 0 bridgehead atoms. The van der Waals surface area contributed by atoms with Crippen molar-refractivity contribution in [2.45, 2.75) is 31.6 Å². The van der Waals surface area contributed by atoms with Crippen molar-refractivity contribution in [3.05, 3.63) is 53.2 Å². The van der Waals surface area contributed by atoms with Crippen molar-refractivity contribution in [3.63, 3.8) is 0 Å². The van der Waals surface area contributed by atoms with Gasteiger partial charge in [0.1, 0.15) is 0 Å². The lowest BCUT2D eigenvalue weighted by atomic mass is 10.1. The zero-order valence-corrected chi connectivity index (χ0v) is 16.0. The lowest BCUT2D eigenvalue weighted by Gasteiger charge is -2.14. The first-order chi connectivity index (χ1) is 12.6. The molecule has 136 valence electrons. The molecule has 0 radical (unpaired) electrons. The van der Waals surface area contributed by atoms with E-state index in [-0.39, 0.29) is 17.7 Å². The minimum absolute atomic E-state index is 0.0762. The second-order valence-corrected chi connectivity index (χ2v) is 7.04. The van der Waals surface area contributed by atoms with Crippen LogP contribution in [0.15, 0.2) is 52.2 Å². The minimum Gasteiger partial charge on any atom is -0.461 e. The molecular formula is C18H19ClN4O2S. The van der Waals surface area contributed by atoms with Crippen LogP contribution in [0.5, 0.6) is 0 Å². The number of hydrogen-bond acceptors (Lipinski definition) is 5. The second kappa shape index (κ2) is 8.42. The van der Waals surface area contributed by atoms with Crippen molar-refractivity contribution in [1.82, 2.24) is 20.1 Å². The van der Waals surface area contributed by atoms with Gasteiger partial charge >= 0.3 is 0 Å². The zero-order valence-electron chi connectivity index (χ0n) is 14.5. The largest absolute Gasteiger partial charge is 0.461 e. The Kier molecular flexibility index (Phi) is 6.00. The van der Waals surface area contributed by atoms with Gasteiger partial charge in [-0.1, -0.05) is 35.5 Å². The van der Waals surface area contributed by atoms with Gasteiger partial charge in [0.05, 0.1) is 18.1 Å². The Morgan fingerprint density at radius 1 is 1.35 bits per heavy atom. The van der Waals surface area contributed by atoms with Gasteiger partial charge in [0.2, 0.25) is 5.91 Å². The fraction of sp³-hybridized carbons (Fsp3) is 0.278. The summed E-state index contributed by atoms with van der Waals surface area (Å²) in [6, 6.07) is 11.0. The third-order valence-electron chi connectivity index (χ3n) is 3.83. The number of nitrogens with one attached hydrogen (secondary N) is 1. The Morgan fingerprint density at radius 3 is 2.88 bits per heavy atom. The van der Waals surface area contributed by atoms with Gasteiger partial charge in [-0.2, -0.15) is 0 Å². The molecule has 0 fully saturated rings. The Balaban J connectivity index is 1.61. The number of thioether (sulfide) groups is 1. The number of halogens is 1. The van der Waals surface area contributed by atoms with Crippen LogP contribution in [0.25, 0.3) is 11.6 Å². The molecule has 1 unspecified atom stereocenters. The maximum atomic E-state index is 12.3. The minimum atomic E-state index is -0.121. The molecule has 0 saturated heterocycles. The molecule has 0 aliphatic heterocycles. The number of amides is 1. The first kappa shape index (κ1) is 18.5. The van der Waals surface area contributed by atoms with Gasteiger partial charge in [-0.15, -0.1) is 10.2 Å². The van der Waals surface area contributed by atoms with Crippen LogP contribution in [0.2, 0.25) is 5.02 Å². The summed E-state index contributed by atoms with van der Waals surface area (Å²) < 4.78 is 7.32. The normalized spacial score (nSPS) is 12.1. The number of nitrogens with zero attached hydrogens (tertiary/aromatic N) is 3. The molecule has 3 rings (SSSR count). The average Bonchev–Trinajstić information content (AvgIpc) is 3.28. The van der Waals surface area contributed by atoms with Gasteiger partial charge in [0, 0.05) is 11.6 Å². The smallest absolute Gasteiger partial charge is 0.230 e. The predicted molar refractivity (Wildman–Crippen MR) is 102 cm³/mol. The van der Waals surface area contributed by atoms with Crippen molar-refractivity contribution in [3.8, 4) is 11.6 Å². The SMILES string of the molecule is CCn1c(SCC(=O)NC(C)c2cccc(Cl)c2)nnc1-c1ccco1. The molecule has 6 nitrogen and oxygen atoms in total. The zero-order chi connectivity index (χ0) is 18.5. The van der Waals surface area contributed by atoms with Crippen LogP contribution in [0.1, 0.15) is 25.5 Å². The van der Waals surface area contributed by atoms with Crippen LogP contribution < -0.4 is 5.32 Å². The molecule has 2 aromatic heterocycles. The molecule has 2 heterocycles. The third kappa shape index (κ3) is 4.28. The monoisotopic (exact) mass is 390 g/mol. The molecular weight excluding hydrogens is 372 g/mol. The number of carbonyl (C=O) groups is 1. The van der Waals surface area contributed by atoms with E-state index in [1.165, 1.54) is 11.8 Å². The van der Waals surface area contributed by atoms with E-state index in [4.69, 9.17) is 16.0 Å². The van der Waals surface area contributed by atoms with Crippen molar-refractivity contribution in [2.75, 3.05) is 5.75 Å². The van der Waals surface area contributed by atoms with Gasteiger partial charge in [-0.05, 0) is 43.7 Å². The number of rotatable bonds is 7. The molecule has 3 aromatic rings. The van der Waals surface area contributed by atoms with E-state index in [0.717, 1.165) is 5.56 Å². The first-order valence-corrected chi connectivity index (χ1v) is 9.59. The summed E-state index contributed by atoms with van der Waals surface area (Å²) in [5.41, 5.74) is 0.965. The summed E-state index contributed by atoms with van der Waals surface area (Å²) in [5.74, 6) is 1.49. The summed E-state index contributed by atoms with van der Waals surface area (Å²) in [4.78, 5) is 12.3. The Bertz CT molecular complexity index is 879. The molecule has 1 aromatic carbocycles. The lowest BCUT2D eigenvalue weighted by molar-refractivity contribution is -0.119. The Hall–Kier alpha value is -2.25. The van der Waals surface area contributed by atoms with Gasteiger partial charge in [0.25, 0.3) is 0 Å². The highest BCUT2D eigenvalue weighted by Gasteiger charge is 2.17. The molecule has 0 spiro atoms. The number of benzene rings is 1. The molecule has 1 N–H and O–H groups in total. The van der Waals surface area contributed by atoms with Crippen LogP contribution in [0.3, 0.4) is 0 Å². The van der Waals surface area contributed by atoms with Crippen molar-refractivity contribution < 1.29 is 9.21 Å². The summed E-state index contributed by atoms with van der Waals surface area (Å²) in [6.07, 6.45) is 1.60. The van der Waals surface area contributed by atoms with E-state index < -0.39 is 0 Å². The summed E-state index contributed by atoms with van der Waals surface area (Å²) >= 11 is 7.35. The standard InChI is InChI=1S/C18H19ClN4O2S/c1-3-23-17(15-8-5-9-25-15)21-22-18(23)26-11-16(24)20-12(2)13-6-4-7-14(19)10-13/h4-10,12H,3,11H2,1-2H3,(H,20,24). The third-order valence-corrected chi connectivity index (χ3v) is 5.04. The first-order valence-electron chi connectivity index (χ1n) is 8.23. The van der Waals surface area contributed by atoms with E-state index in [1.54, 1.807) is 6.26 Å². The number of furan rings is 1. The summed E-state index contributed by atoms with van der Waals surface area (Å²) in [7, 11) is 0. The predicted octanol–water partition coefficient (Wildman–Crippen LogP) is 4.18. The van der Waals surface area contributed by atoms with Crippen LogP contribution in [-0.4, -0.2) is 26.4 Å². The van der Waals surface area contributed by atoms with E-state index >= 15 is 0 Å². The van der Waals surface area contributed by atoms with Gasteiger partial charge in [0.15, 0.2) is 16.7 Å². The van der Waals surface area contributed by atoms with E-state index in [1.807, 2.05) is 54.8 Å². The van der Waals surface area contributed by atoms with Crippen LogP contribution in [0.4, 0.5) is 0 Å². The van der Waals surface area contributed by atoms with E-state index in [2.05, 4.69) is 15.5 Å². The molecule has 26 heavy (non-hydrogen) atoms. The number of carbonyl (C=O) groups excluding carboxylic acids is 1. The maximum absolute atomic E-state index is 12.3. The van der Waals surface area contributed by atoms with Gasteiger partial charge in [-0.25, -0.2) is 0 Å². The van der Waals surface area contributed by atoms with Crippen molar-refractivity contribution in [2.24, 2.45) is 0 Å². The molecule has 1 amide bonds. The highest BCUT2D eigenvalue weighted by molar-refractivity contribution is 7.99. The summed E-state index contributed by atoms with van der Waals surface area (Å²) in [5, 5.41) is 12.7. The second-order valence-electron chi connectivity index (χ2n) is 5.66. The molecule has 0 saturated carbocycles. The van der Waals surface area contributed by atoms with Gasteiger partial charge in [-0.3, -0.25) is 9.36 Å². The quantitative estimate of drug-likeness (QED) is 0.612. The average molecular weight is 391 g/mol. The van der Waals surface area contributed by atoms with Crippen LogP contribution >= 0.6 is 23.4 Å². The van der Waals surface area contributed by atoms with Crippen molar-refractivity contribution >= 4 is 29.3 Å². The molecule has 1 atom stereocenters. The Labute approximate surface area is 160 Å². The van der Waals surface area contributed by atoms with Crippen LogP contribution in [0, 0.1) is 0 Å². The number of aromatic nitrogens is 3. The fourth-order valence-electron chi connectivity index (χ4n) is 2.54. The highest BCUT2D eigenvalue weighted by atomic mass is 35.5. The van der Waals surface area contributed by atoms with E-state index in [0.29, 0.717) is 28.3 Å². The molecule has 8 heteroatoms. The maximum Gasteiger partial charge on any atom is 0.230 e. The number of hydrogen-bond donors (Lipinski definition) is 1. The Morgan fingerprint density at radius 2 is 2.19 bits per heavy atom. The van der Waals surface area contributed by atoms with E-state index in [9.17, 15) is 4.79 Å². The van der Waals surface area contributed by atoms with Crippen LogP contribution in [-0.2, 0) is 11.3 Å². The van der Waals surface area contributed by atoms with Crippen molar-refractivity contribution in [1.29, 1.82) is 0 Å². The topological polar surface area (TPSA) is 73.0 Å². The molecule has 0 aliphatic carbocycles. The van der Waals surface area contributed by atoms with Gasteiger partial charge < -0.3 is 9.73 Å². The fourth-order valence-corrected chi connectivity index (χ4v) is 3.55. The summed E-state index contributed by atoms with van der Waals surface area (Å²) in [6.45, 7) is 4.62.